The molecule has 2 unspecified atom stereocenters. The lowest BCUT2D eigenvalue weighted by molar-refractivity contribution is 0.0297. The van der Waals surface area contributed by atoms with E-state index in [-0.39, 0.29) is 17.9 Å². The number of carbonyl (C=O) groups excluding carboxylic acids is 1. The number of benzene rings is 1. The van der Waals surface area contributed by atoms with Gasteiger partial charge in [0.15, 0.2) is 0 Å². The number of hydrogen-bond donors (Lipinski definition) is 2. The maximum atomic E-state index is 12.4. The first-order valence-electron chi connectivity index (χ1n) is 6.32. The van der Waals surface area contributed by atoms with Gasteiger partial charge < -0.3 is 15.7 Å². The van der Waals surface area contributed by atoms with Crippen molar-refractivity contribution in [2.24, 2.45) is 5.92 Å². The molecule has 1 aliphatic rings. The summed E-state index contributed by atoms with van der Waals surface area (Å²) in [6.45, 7) is 5.10. The standard InChI is InChI=1S/C14H20N2O2/c1-9-3-4-11(15)7-12(9)14(18)16-6-5-13(17)10(2)8-16/h3-4,7,10,13,17H,5-6,8,15H2,1-2H3. The van der Waals surface area contributed by atoms with Gasteiger partial charge in [-0.1, -0.05) is 13.0 Å². The minimum Gasteiger partial charge on any atom is -0.399 e. The third-order valence-corrected chi connectivity index (χ3v) is 3.64. The highest BCUT2D eigenvalue weighted by Crippen LogP contribution is 2.21. The van der Waals surface area contributed by atoms with E-state index >= 15 is 0 Å². The predicted molar refractivity (Wildman–Crippen MR) is 71.3 cm³/mol. The summed E-state index contributed by atoms with van der Waals surface area (Å²) < 4.78 is 0. The normalized spacial score (nSPS) is 24.1. The lowest BCUT2D eigenvalue weighted by Crippen LogP contribution is -2.45. The highest BCUT2D eigenvalue weighted by Gasteiger charge is 2.28. The molecule has 1 fully saturated rings. The molecule has 0 aromatic heterocycles. The van der Waals surface area contributed by atoms with Gasteiger partial charge in [-0.15, -0.1) is 0 Å². The third-order valence-electron chi connectivity index (χ3n) is 3.64. The minimum atomic E-state index is -0.295. The molecule has 1 aromatic carbocycles. The molecule has 1 amide bonds. The van der Waals surface area contributed by atoms with Gasteiger partial charge in [-0.3, -0.25) is 4.79 Å². The topological polar surface area (TPSA) is 66.6 Å². The van der Waals surface area contributed by atoms with Crippen LogP contribution in [0.3, 0.4) is 0 Å². The van der Waals surface area contributed by atoms with E-state index in [0.29, 0.717) is 30.8 Å². The van der Waals surface area contributed by atoms with Gasteiger partial charge in [0.1, 0.15) is 0 Å². The second kappa shape index (κ2) is 4.98. The maximum absolute atomic E-state index is 12.4. The number of hydrogen-bond acceptors (Lipinski definition) is 3. The Bertz CT molecular complexity index is 459. The summed E-state index contributed by atoms with van der Waals surface area (Å²) in [5.41, 5.74) is 7.94. The van der Waals surface area contributed by atoms with Crippen LogP contribution in [0.15, 0.2) is 18.2 Å². The van der Waals surface area contributed by atoms with Gasteiger partial charge in [-0.2, -0.15) is 0 Å². The summed E-state index contributed by atoms with van der Waals surface area (Å²) in [6, 6.07) is 5.40. The second-order valence-corrected chi connectivity index (χ2v) is 5.16. The van der Waals surface area contributed by atoms with Gasteiger partial charge in [0.2, 0.25) is 0 Å². The van der Waals surface area contributed by atoms with Gasteiger partial charge in [0.05, 0.1) is 6.10 Å². The molecule has 1 aromatic rings. The second-order valence-electron chi connectivity index (χ2n) is 5.16. The van der Waals surface area contributed by atoms with Crippen LogP contribution < -0.4 is 5.73 Å². The minimum absolute atomic E-state index is 0.0125. The highest BCUT2D eigenvalue weighted by atomic mass is 16.3. The van der Waals surface area contributed by atoms with E-state index in [0.717, 1.165) is 5.56 Å². The fraction of sp³-hybridized carbons (Fsp3) is 0.500. The van der Waals surface area contributed by atoms with E-state index in [4.69, 9.17) is 5.73 Å². The molecule has 0 saturated carbocycles. The van der Waals surface area contributed by atoms with Crippen molar-refractivity contribution in [2.45, 2.75) is 26.4 Å². The smallest absolute Gasteiger partial charge is 0.254 e. The summed E-state index contributed by atoms with van der Waals surface area (Å²) >= 11 is 0. The monoisotopic (exact) mass is 248 g/mol. The molecule has 0 aliphatic carbocycles. The Labute approximate surface area is 107 Å². The van der Waals surface area contributed by atoms with Gasteiger partial charge in [-0.05, 0) is 37.0 Å². The summed E-state index contributed by atoms with van der Waals surface area (Å²) in [7, 11) is 0. The van der Waals surface area contributed by atoms with E-state index in [1.54, 1.807) is 17.0 Å². The molecule has 4 nitrogen and oxygen atoms in total. The van der Waals surface area contributed by atoms with Crippen molar-refractivity contribution in [3.8, 4) is 0 Å². The fourth-order valence-corrected chi connectivity index (χ4v) is 2.36. The Morgan fingerprint density at radius 2 is 2.22 bits per heavy atom. The molecule has 0 spiro atoms. The van der Waals surface area contributed by atoms with Gasteiger partial charge in [-0.25, -0.2) is 0 Å². The van der Waals surface area contributed by atoms with Crippen LogP contribution in [0.1, 0.15) is 29.3 Å². The number of rotatable bonds is 1. The summed E-state index contributed by atoms with van der Waals surface area (Å²) in [6.07, 6.45) is 0.352. The number of likely N-dealkylation sites (tertiary alicyclic amines) is 1. The Balaban J connectivity index is 2.19. The number of nitrogens with two attached hydrogens (primary N) is 1. The summed E-state index contributed by atoms with van der Waals surface area (Å²) in [5, 5.41) is 9.69. The quantitative estimate of drug-likeness (QED) is 0.739. The van der Waals surface area contributed by atoms with E-state index < -0.39 is 0 Å². The number of amides is 1. The van der Waals surface area contributed by atoms with Gasteiger partial charge in [0.25, 0.3) is 5.91 Å². The molecule has 1 saturated heterocycles. The molecular weight excluding hydrogens is 228 g/mol. The first-order chi connectivity index (χ1) is 8.49. The van der Waals surface area contributed by atoms with Crippen LogP contribution in [0.2, 0.25) is 0 Å². The van der Waals surface area contributed by atoms with Crippen molar-refractivity contribution in [2.75, 3.05) is 18.8 Å². The van der Waals surface area contributed by atoms with Crippen molar-refractivity contribution in [1.29, 1.82) is 0 Å². The van der Waals surface area contributed by atoms with Crippen LogP contribution in [-0.2, 0) is 0 Å². The molecule has 2 atom stereocenters. The van der Waals surface area contributed by atoms with Crippen LogP contribution in [0.4, 0.5) is 5.69 Å². The number of aliphatic hydroxyl groups is 1. The number of piperidine rings is 1. The molecule has 98 valence electrons. The Morgan fingerprint density at radius 1 is 1.50 bits per heavy atom. The Kier molecular flexibility index (Phi) is 3.57. The van der Waals surface area contributed by atoms with Crippen LogP contribution >= 0.6 is 0 Å². The van der Waals surface area contributed by atoms with Crippen LogP contribution in [-0.4, -0.2) is 35.1 Å². The van der Waals surface area contributed by atoms with Crippen molar-refractivity contribution in [3.05, 3.63) is 29.3 Å². The zero-order valence-corrected chi connectivity index (χ0v) is 10.9. The molecule has 1 heterocycles. The van der Waals surface area contributed by atoms with Crippen molar-refractivity contribution in [1.82, 2.24) is 4.90 Å². The molecule has 0 bridgehead atoms. The lowest BCUT2D eigenvalue weighted by atomic mass is 9.95. The SMILES string of the molecule is Cc1ccc(N)cc1C(=O)N1CCC(O)C(C)C1. The summed E-state index contributed by atoms with van der Waals surface area (Å²) in [4.78, 5) is 14.2. The average Bonchev–Trinajstić information content (AvgIpc) is 2.35. The maximum Gasteiger partial charge on any atom is 0.254 e. The molecule has 0 radical (unpaired) electrons. The molecule has 2 rings (SSSR count). The average molecular weight is 248 g/mol. The van der Waals surface area contributed by atoms with E-state index in [9.17, 15) is 9.90 Å². The first kappa shape index (κ1) is 12.9. The molecule has 3 N–H and O–H groups in total. The molecule has 18 heavy (non-hydrogen) atoms. The zero-order chi connectivity index (χ0) is 13.3. The van der Waals surface area contributed by atoms with Crippen LogP contribution in [0.5, 0.6) is 0 Å². The summed E-state index contributed by atoms with van der Waals surface area (Å²) in [5.74, 6) is 0.141. The molecular formula is C14H20N2O2. The number of aryl methyl sites for hydroxylation is 1. The van der Waals surface area contributed by atoms with Crippen molar-refractivity contribution < 1.29 is 9.90 Å². The van der Waals surface area contributed by atoms with E-state index in [2.05, 4.69) is 0 Å². The Hall–Kier alpha value is -1.55. The van der Waals surface area contributed by atoms with Crippen LogP contribution in [0, 0.1) is 12.8 Å². The number of aliphatic hydroxyl groups excluding tert-OH is 1. The van der Waals surface area contributed by atoms with Crippen LogP contribution in [0.25, 0.3) is 0 Å². The first-order valence-corrected chi connectivity index (χ1v) is 6.32. The van der Waals surface area contributed by atoms with E-state index in [1.165, 1.54) is 0 Å². The van der Waals surface area contributed by atoms with E-state index in [1.807, 2.05) is 19.9 Å². The van der Waals surface area contributed by atoms with Crippen molar-refractivity contribution >= 4 is 11.6 Å². The number of nitrogen functional groups attached to an aromatic ring is 1. The van der Waals surface area contributed by atoms with Gasteiger partial charge in [0, 0.05) is 24.3 Å². The van der Waals surface area contributed by atoms with Gasteiger partial charge >= 0.3 is 0 Å². The Morgan fingerprint density at radius 3 is 2.89 bits per heavy atom. The predicted octanol–water partition coefficient (Wildman–Crippen LogP) is 1.42. The molecule has 4 heteroatoms. The largest absolute Gasteiger partial charge is 0.399 e. The fourth-order valence-electron chi connectivity index (χ4n) is 2.36. The number of nitrogens with zero attached hydrogens (tertiary/aromatic N) is 1. The lowest BCUT2D eigenvalue weighted by Gasteiger charge is -2.34. The molecule has 1 aliphatic heterocycles. The highest BCUT2D eigenvalue weighted by molar-refractivity contribution is 5.96. The number of anilines is 1. The third kappa shape index (κ3) is 2.48. The zero-order valence-electron chi connectivity index (χ0n) is 10.9. The number of carbonyl (C=O) groups is 1. The van der Waals surface area contributed by atoms with Crippen molar-refractivity contribution in [3.63, 3.8) is 0 Å².